The second-order valence-electron chi connectivity index (χ2n) is 5.06. The fourth-order valence-electron chi connectivity index (χ4n) is 1.98. The molecule has 1 heterocycles. The predicted molar refractivity (Wildman–Crippen MR) is 68.3 cm³/mol. The first-order chi connectivity index (χ1) is 8.99. The Morgan fingerprint density at radius 2 is 2.21 bits per heavy atom. The normalized spacial score (nSPS) is 27.1. The van der Waals surface area contributed by atoms with Gasteiger partial charge in [-0.05, 0) is 18.9 Å². The Morgan fingerprint density at radius 1 is 1.53 bits per heavy atom. The minimum absolute atomic E-state index is 0.124. The van der Waals surface area contributed by atoms with Gasteiger partial charge in [-0.25, -0.2) is 9.18 Å². The summed E-state index contributed by atoms with van der Waals surface area (Å²) in [5, 5.41) is 9.70. The number of amides is 1. The first kappa shape index (κ1) is 13.8. The zero-order valence-corrected chi connectivity index (χ0v) is 10.9. The number of rotatable bonds is 2. The Morgan fingerprint density at radius 3 is 2.84 bits per heavy atom. The van der Waals surface area contributed by atoms with Gasteiger partial charge in [0, 0.05) is 6.54 Å². The fraction of sp³-hybridized carbons (Fsp3) is 0.500. The van der Waals surface area contributed by atoms with Gasteiger partial charge in [-0.1, -0.05) is 30.3 Å². The number of piperidine rings is 1. The maximum atomic E-state index is 13.6. The third kappa shape index (κ3) is 3.44. The van der Waals surface area contributed by atoms with Crippen LogP contribution in [-0.4, -0.2) is 41.0 Å². The van der Waals surface area contributed by atoms with Gasteiger partial charge in [-0.15, -0.1) is 0 Å². The molecule has 0 unspecified atom stereocenters. The lowest BCUT2D eigenvalue weighted by atomic mass is 9.92. The zero-order valence-electron chi connectivity index (χ0n) is 10.9. The molecule has 1 fully saturated rings. The summed E-state index contributed by atoms with van der Waals surface area (Å²) >= 11 is 0. The molecule has 1 N–H and O–H groups in total. The molecule has 2 rings (SSSR count). The molecule has 1 aromatic carbocycles. The van der Waals surface area contributed by atoms with Crippen LogP contribution in [0.2, 0.25) is 0 Å². The third-order valence-electron chi connectivity index (χ3n) is 3.41. The van der Waals surface area contributed by atoms with Crippen LogP contribution in [-0.2, 0) is 11.3 Å². The second kappa shape index (κ2) is 5.57. The van der Waals surface area contributed by atoms with Crippen LogP contribution in [0.1, 0.15) is 18.9 Å². The van der Waals surface area contributed by atoms with Gasteiger partial charge in [0.2, 0.25) is 0 Å². The number of likely N-dealkylation sites (tertiary alicyclic amines) is 1. The van der Waals surface area contributed by atoms with Crippen molar-refractivity contribution in [2.24, 2.45) is 0 Å². The van der Waals surface area contributed by atoms with Gasteiger partial charge < -0.3 is 14.7 Å². The summed E-state index contributed by atoms with van der Waals surface area (Å²) in [5.41, 5.74) is -0.465. The van der Waals surface area contributed by atoms with E-state index in [0.717, 1.165) is 5.56 Å². The third-order valence-corrected chi connectivity index (χ3v) is 3.41. The summed E-state index contributed by atoms with van der Waals surface area (Å²) in [7, 11) is 0. The van der Waals surface area contributed by atoms with Crippen molar-refractivity contribution in [1.82, 2.24) is 4.90 Å². The van der Waals surface area contributed by atoms with Crippen molar-refractivity contribution in [3.8, 4) is 0 Å². The lowest BCUT2D eigenvalue weighted by Crippen LogP contribution is -2.53. The van der Waals surface area contributed by atoms with E-state index < -0.39 is 17.9 Å². The Labute approximate surface area is 111 Å². The van der Waals surface area contributed by atoms with Crippen molar-refractivity contribution < 1.29 is 19.0 Å². The Hall–Kier alpha value is -1.62. The van der Waals surface area contributed by atoms with Crippen LogP contribution in [0.25, 0.3) is 0 Å². The van der Waals surface area contributed by atoms with Crippen LogP contribution in [0.5, 0.6) is 0 Å². The number of ether oxygens (including phenoxy) is 1. The summed E-state index contributed by atoms with van der Waals surface area (Å²) in [6.07, 6.45) is -1.76. The fourth-order valence-corrected chi connectivity index (χ4v) is 1.98. The first-order valence-corrected chi connectivity index (χ1v) is 6.31. The summed E-state index contributed by atoms with van der Waals surface area (Å²) in [5.74, 6) is 0. The quantitative estimate of drug-likeness (QED) is 0.893. The predicted octanol–water partition coefficient (Wildman–Crippen LogP) is 2.12. The lowest BCUT2D eigenvalue weighted by Gasteiger charge is -2.37. The maximum absolute atomic E-state index is 13.6. The molecule has 104 valence electrons. The van der Waals surface area contributed by atoms with E-state index in [1.165, 1.54) is 11.8 Å². The number of benzene rings is 1. The number of hydrogen-bond acceptors (Lipinski definition) is 3. The molecule has 4 nitrogen and oxygen atoms in total. The molecule has 0 radical (unpaired) electrons. The van der Waals surface area contributed by atoms with E-state index in [1.54, 1.807) is 0 Å². The van der Waals surface area contributed by atoms with E-state index in [4.69, 9.17) is 4.74 Å². The number of aliphatic hydroxyl groups is 1. The zero-order chi connectivity index (χ0) is 13.9. The van der Waals surface area contributed by atoms with Crippen molar-refractivity contribution in [2.75, 3.05) is 13.1 Å². The smallest absolute Gasteiger partial charge is 0.410 e. The van der Waals surface area contributed by atoms with E-state index in [2.05, 4.69) is 0 Å². The standard InChI is InChI=1S/C14H18FNO3/c1-14(18)7-8-16(9-12(14)15)13(17)19-10-11-5-3-2-4-6-11/h2-6,12,18H,7-10H2,1H3/t12-,14+/m0/s1. The monoisotopic (exact) mass is 267 g/mol. The van der Waals surface area contributed by atoms with Gasteiger partial charge in [-0.3, -0.25) is 0 Å². The number of nitrogens with zero attached hydrogens (tertiary/aromatic N) is 1. The van der Waals surface area contributed by atoms with Gasteiger partial charge in [0.25, 0.3) is 0 Å². The van der Waals surface area contributed by atoms with E-state index >= 15 is 0 Å². The number of carbonyl (C=O) groups excluding carboxylic acids is 1. The summed E-state index contributed by atoms with van der Waals surface area (Å²) in [6, 6.07) is 9.31. The van der Waals surface area contributed by atoms with Gasteiger partial charge in [0.1, 0.15) is 12.8 Å². The average molecular weight is 267 g/mol. The van der Waals surface area contributed by atoms with E-state index in [9.17, 15) is 14.3 Å². The molecule has 19 heavy (non-hydrogen) atoms. The van der Waals surface area contributed by atoms with Crippen LogP contribution in [0.15, 0.2) is 30.3 Å². The molecule has 0 saturated carbocycles. The molecule has 2 atom stereocenters. The first-order valence-electron chi connectivity index (χ1n) is 6.31. The maximum Gasteiger partial charge on any atom is 0.410 e. The molecule has 1 aliphatic rings. The molecule has 0 aromatic heterocycles. The van der Waals surface area contributed by atoms with Gasteiger partial charge in [0.05, 0.1) is 12.1 Å². The van der Waals surface area contributed by atoms with E-state index in [0.29, 0.717) is 6.54 Å². The highest BCUT2D eigenvalue weighted by molar-refractivity contribution is 5.67. The molecule has 1 aliphatic heterocycles. The second-order valence-corrected chi connectivity index (χ2v) is 5.06. The Balaban J connectivity index is 1.84. The summed E-state index contributed by atoms with van der Waals surface area (Å²) in [6.45, 7) is 1.80. The lowest BCUT2D eigenvalue weighted by molar-refractivity contribution is -0.0682. The molecule has 0 bridgehead atoms. The molecular formula is C14H18FNO3. The van der Waals surface area contributed by atoms with E-state index in [1.807, 2.05) is 30.3 Å². The topological polar surface area (TPSA) is 49.8 Å². The molecule has 0 aliphatic carbocycles. The van der Waals surface area contributed by atoms with Crippen molar-refractivity contribution in [3.63, 3.8) is 0 Å². The largest absolute Gasteiger partial charge is 0.445 e. The number of halogens is 1. The highest BCUT2D eigenvalue weighted by atomic mass is 19.1. The van der Waals surface area contributed by atoms with Gasteiger partial charge in [0.15, 0.2) is 0 Å². The van der Waals surface area contributed by atoms with E-state index in [-0.39, 0.29) is 19.6 Å². The summed E-state index contributed by atoms with van der Waals surface area (Å²) < 4.78 is 18.8. The van der Waals surface area contributed by atoms with Crippen molar-refractivity contribution >= 4 is 6.09 Å². The van der Waals surface area contributed by atoms with Crippen molar-refractivity contribution in [3.05, 3.63) is 35.9 Å². The van der Waals surface area contributed by atoms with Gasteiger partial charge >= 0.3 is 6.09 Å². The Kier molecular flexibility index (Phi) is 4.04. The Bertz CT molecular complexity index is 436. The average Bonchev–Trinajstić information content (AvgIpc) is 2.40. The van der Waals surface area contributed by atoms with Crippen LogP contribution in [0, 0.1) is 0 Å². The highest BCUT2D eigenvalue weighted by Crippen LogP contribution is 2.25. The van der Waals surface area contributed by atoms with Crippen LogP contribution < -0.4 is 0 Å². The number of carbonyl (C=O) groups is 1. The molecule has 1 aromatic rings. The summed E-state index contributed by atoms with van der Waals surface area (Å²) in [4.78, 5) is 13.1. The minimum Gasteiger partial charge on any atom is -0.445 e. The molecule has 1 saturated heterocycles. The van der Waals surface area contributed by atoms with Gasteiger partial charge in [-0.2, -0.15) is 0 Å². The number of hydrogen-bond donors (Lipinski definition) is 1. The van der Waals surface area contributed by atoms with Crippen LogP contribution in [0.4, 0.5) is 9.18 Å². The highest BCUT2D eigenvalue weighted by Gasteiger charge is 2.39. The number of alkyl halides is 1. The minimum atomic E-state index is -1.44. The van der Waals surface area contributed by atoms with Crippen molar-refractivity contribution in [2.45, 2.75) is 31.7 Å². The molecule has 0 spiro atoms. The molecule has 1 amide bonds. The van der Waals surface area contributed by atoms with Crippen molar-refractivity contribution in [1.29, 1.82) is 0 Å². The molecular weight excluding hydrogens is 249 g/mol. The SMILES string of the molecule is C[C@@]1(O)CCN(C(=O)OCc2ccccc2)C[C@@H]1F. The van der Waals surface area contributed by atoms with Crippen LogP contribution >= 0.6 is 0 Å². The molecule has 5 heteroatoms. The van der Waals surface area contributed by atoms with Crippen LogP contribution in [0.3, 0.4) is 0 Å².